The number of amides is 1. The van der Waals surface area contributed by atoms with E-state index in [1.165, 1.54) is 24.0 Å². The fourth-order valence-electron chi connectivity index (χ4n) is 7.62. The van der Waals surface area contributed by atoms with Gasteiger partial charge in [0.15, 0.2) is 11.5 Å². The molecule has 20 heteroatoms. The summed E-state index contributed by atoms with van der Waals surface area (Å²) >= 11 is 6.58. The van der Waals surface area contributed by atoms with Gasteiger partial charge in [0, 0.05) is 41.9 Å². The molecule has 1 amide bonds. The lowest BCUT2D eigenvalue weighted by Crippen LogP contribution is -2.35. The van der Waals surface area contributed by atoms with E-state index in [0.717, 1.165) is 18.4 Å². The Labute approximate surface area is 323 Å². The second-order valence-electron chi connectivity index (χ2n) is 13.9. The van der Waals surface area contributed by atoms with Crippen molar-refractivity contribution in [2.45, 2.75) is 43.4 Å². The van der Waals surface area contributed by atoms with Crippen LogP contribution in [0.2, 0.25) is 5.02 Å². The smallest absolute Gasteiger partial charge is 0.346 e. The number of hydrogen-bond acceptors (Lipinski definition) is 7. The quantitative estimate of drug-likeness (QED) is 0.136. The molecule has 2 aliphatic carbocycles. The van der Waals surface area contributed by atoms with E-state index in [9.17, 15) is 35.2 Å². The average Bonchev–Trinajstić information content (AvgIpc) is 3.66. The molecule has 0 bridgehead atoms. The van der Waals surface area contributed by atoms with Gasteiger partial charge in [0.25, 0.3) is 5.92 Å². The maximum atomic E-state index is 15.4. The van der Waals surface area contributed by atoms with Gasteiger partial charge in [-0.3, -0.25) is 23.9 Å². The Hall–Kier alpha value is -5.56. The van der Waals surface area contributed by atoms with Crippen LogP contribution in [0.3, 0.4) is 0 Å². The lowest BCUT2D eigenvalue weighted by molar-refractivity contribution is -0.142. The van der Waals surface area contributed by atoms with Crippen molar-refractivity contribution < 1.29 is 43.9 Å². The first kappa shape index (κ1) is 38.3. The van der Waals surface area contributed by atoms with Crippen LogP contribution in [0.25, 0.3) is 33.4 Å². The zero-order valence-corrected chi connectivity index (χ0v) is 31.1. The number of sulfonamides is 1. The molecule has 11 nitrogen and oxygen atoms in total. The van der Waals surface area contributed by atoms with Gasteiger partial charge in [0.1, 0.15) is 23.9 Å². The van der Waals surface area contributed by atoms with Crippen LogP contribution in [0.5, 0.6) is 0 Å². The molecule has 1 saturated carbocycles. The van der Waals surface area contributed by atoms with Gasteiger partial charge in [-0.25, -0.2) is 22.2 Å². The van der Waals surface area contributed by atoms with Crippen LogP contribution in [0.4, 0.5) is 36.6 Å². The molecule has 296 valence electrons. The Morgan fingerprint density at radius 3 is 2.40 bits per heavy atom. The number of carbonyl (C=O) groups is 1. The average molecular weight is 833 g/mol. The Kier molecular flexibility index (Phi) is 9.10. The van der Waals surface area contributed by atoms with Crippen LogP contribution in [-0.2, 0) is 46.9 Å². The largest absolute Gasteiger partial charge is 0.435 e. The highest BCUT2D eigenvalue weighted by Gasteiger charge is 2.68. The first-order valence-electron chi connectivity index (χ1n) is 17.2. The van der Waals surface area contributed by atoms with E-state index in [1.54, 1.807) is 36.4 Å². The first-order valence-corrected chi connectivity index (χ1v) is 19.4. The van der Waals surface area contributed by atoms with E-state index < -0.39 is 81.0 Å². The van der Waals surface area contributed by atoms with Crippen molar-refractivity contribution in [3.63, 3.8) is 0 Å². The van der Waals surface area contributed by atoms with Crippen molar-refractivity contribution in [3.8, 4) is 22.5 Å². The van der Waals surface area contributed by atoms with Gasteiger partial charge in [-0.2, -0.15) is 32.1 Å². The van der Waals surface area contributed by atoms with Crippen LogP contribution >= 0.6 is 11.6 Å². The number of fused-ring (bicyclic) bond motifs is 4. The van der Waals surface area contributed by atoms with Crippen molar-refractivity contribution in [2.24, 2.45) is 13.0 Å². The Morgan fingerprint density at radius 1 is 1.02 bits per heavy atom. The molecule has 0 saturated heterocycles. The summed E-state index contributed by atoms with van der Waals surface area (Å²) < 4.78 is 131. The standard InChI is InChI=1S/C37H28ClF7N8O3S/c1-52-32-21(6-8-24(38)30(32)35(50-52)51-57(2,55)56)20-7-9-26(25-5-3-4-10-46-25)48-31(20)27(13-17-11-18(39)14-19(40)12-17)47-28(54)16-53-34-29(33(49-53)37(43,44)45)22-15-23(22)36(34,41)42/h3-12,14,22-23,27H,13,15-16H2,1-2H3,(H,47,54)(H,50,51)/t22?,23-,27+/m1/s1. The molecule has 0 spiro atoms. The molecule has 4 heterocycles. The maximum Gasteiger partial charge on any atom is 0.435 e. The fraction of sp³-hybridized carbons (Fsp3) is 0.270. The fourth-order valence-corrected chi connectivity index (χ4v) is 8.35. The van der Waals surface area contributed by atoms with Crippen LogP contribution in [0.1, 0.15) is 46.6 Å². The van der Waals surface area contributed by atoms with E-state index >= 15 is 8.78 Å². The summed E-state index contributed by atoms with van der Waals surface area (Å²) in [6.45, 7) is -1.07. The summed E-state index contributed by atoms with van der Waals surface area (Å²) in [7, 11) is -2.31. The molecule has 1 fully saturated rings. The third-order valence-electron chi connectivity index (χ3n) is 9.88. The normalized spacial score (nSPS) is 17.6. The minimum atomic E-state index is -5.07. The summed E-state index contributed by atoms with van der Waals surface area (Å²) in [5.74, 6) is -9.11. The van der Waals surface area contributed by atoms with Crippen LogP contribution in [-0.4, -0.2) is 50.1 Å². The highest BCUT2D eigenvalue weighted by molar-refractivity contribution is 7.92. The number of alkyl halides is 5. The number of aryl methyl sites for hydroxylation is 1. The molecule has 2 N–H and O–H groups in total. The Balaban J connectivity index is 1.29. The number of nitrogens with one attached hydrogen (secondary N) is 2. The van der Waals surface area contributed by atoms with E-state index in [-0.39, 0.29) is 51.6 Å². The zero-order valence-electron chi connectivity index (χ0n) is 29.5. The number of rotatable bonds is 10. The molecule has 0 radical (unpaired) electrons. The predicted molar refractivity (Wildman–Crippen MR) is 194 cm³/mol. The van der Waals surface area contributed by atoms with E-state index in [1.807, 2.05) is 0 Å². The Bertz CT molecular complexity index is 2700. The number of nitrogens with zero attached hydrogens (tertiary/aromatic N) is 6. The molecular weight excluding hydrogens is 805 g/mol. The van der Waals surface area contributed by atoms with Gasteiger partial charge in [-0.1, -0.05) is 29.8 Å². The van der Waals surface area contributed by atoms with Crippen LogP contribution in [0.15, 0.2) is 66.9 Å². The summed E-state index contributed by atoms with van der Waals surface area (Å²) in [4.78, 5) is 23.1. The van der Waals surface area contributed by atoms with Crippen molar-refractivity contribution in [2.75, 3.05) is 11.0 Å². The van der Waals surface area contributed by atoms with Crippen LogP contribution in [0, 0.1) is 17.6 Å². The number of benzene rings is 2. The Morgan fingerprint density at radius 2 is 1.74 bits per heavy atom. The van der Waals surface area contributed by atoms with E-state index in [4.69, 9.17) is 16.6 Å². The molecule has 6 aromatic rings. The molecule has 0 aliphatic heterocycles. The van der Waals surface area contributed by atoms with Crippen molar-refractivity contribution >= 4 is 44.3 Å². The predicted octanol–water partition coefficient (Wildman–Crippen LogP) is 7.52. The SMILES string of the molecule is Cn1nc(NS(C)(=O)=O)c2c(Cl)ccc(-c3ccc(-c4ccccn4)nc3[C@H](Cc3cc(F)cc(F)c3)NC(=O)Cn3nc(C(F)(F)F)c4c3C(F)(F)[C@@H]3CC43)c21. The molecule has 1 unspecified atom stereocenters. The zero-order chi connectivity index (χ0) is 40.8. The van der Waals surface area contributed by atoms with E-state index in [2.05, 4.69) is 25.2 Å². The van der Waals surface area contributed by atoms with E-state index in [0.29, 0.717) is 27.5 Å². The number of anilines is 1. The summed E-state index contributed by atoms with van der Waals surface area (Å²) in [5.41, 5.74) is -1.44. The van der Waals surface area contributed by atoms with Gasteiger partial charge in [-0.05, 0) is 60.7 Å². The minimum absolute atomic E-state index is 0.0289. The second kappa shape index (κ2) is 13.5. The van der Waals surface area contributed by atoms with Gasteiger partial charge in [0.05, 0.1) is 45.3 Å². The minimum Gasteiger partial charge on any atom is -0.346 e. The number of hydrogen-bond donors (Lipinski definition) is 2. The maximum absolute atomic E-state index is 15.4. The number of aromatic nitrogens is 6. The van der Waals surface area contributed by atoms with Crippen molar-refractivity contribution in [3.05, 3.63) is 112 Å². The highest BCUT2D eigenvalue weighted by Crippen LogP contribution is 2.68. The van der Waals surface area contributed by atoms with Crippen LogP contribution < -0.4 is 10.0 Å². The molecule has 4 aromatic heterocycles. The monoisotopic (exact) mass is 832 g/mol. The molecule has 2 aromatic carbocycles. The van der Waals surface area contributed by atoms with Gasteiger partial charge >= 0.3 is 6.18 Å². The molecule has 8 rings (SSSR count). The summed E-state index contributed by atoms with van der Waals surface area (Å²) in [6, 6.07) is 12.6. The topological polar surface area (TPSA) is 137 Å². The molecular formula is C37H28ClF7N8O3S. The van der Waals surface area contributed by atoms with Gasteiger partial charge in [-0.15, -0.1) is 0 Å². The van der Waals surface area contributed by atoms with Gasteiger partial charge in [0.2, 0.25) is 15.9 Å². The third kappa shape index (κ3) is 7.06. The first-order chi connectivity index (χ1) is 26.8. The third-order valence-corrected chi connectivity index (χ3v) is 10.8. The number of carbonyl (C=O) groups excluding carboxylic acids is 1. The molecule has 2 aliphatic rings. The lowest BCUT2D eigenvalue weighted by Gasteiger charge is -2.23. The van der Waals surface area contributed by atoms with Crippen molar-refractivity contribution in [1.82, 2.24) is 34.8 Å². The summed E-state index contributed by atoms with van der Waals surface area (Å²) in [6.07, 6.45) is -3.14. The highest BCUT2D eigenvalue weighted by atomic mass is 35.5. The van der Waals surface area contributed by atoms with Gasteiger partial charge < -0.3 is 5.32 Å². The lowest BCUT2D eigenvalue weighted by atomic mass is 9.93. The number of pyridine rings is 2. The number of halogens is 8. The van der Waals surface area contributed by atoms with Crippen molar-refractivity contribution in [1.29, 1.82) is 0 Å². The molecule has 57 heavy (non-hydrogen) atoms. The second-order valence-corrected chi connectivity index (χ2v) is 16.1. The summed E-state index contributed by atoms with van der Waals surface area (Å²) in [5, 5.41) is 10.8. The molecule has 3 atom stereocenters.